The minimum absolute atomic E-state index is 0.0704. The van der Waals surface area contributed by atoms with Crippen molar-refractivity contribution < 1.29 is 4.79 Å². The van der Waals surface area contributed by atoms with Crippen LogP contribution >= 0.6 is 34.5 Å². The highest BCUT2D eigenvalue weighted by molar-refractivity contribution is 7.14. The Balaban J connectivity index is 1.59. The Bertz CT molecular complexity index is 965. The highest BCUT2D eigenvalue weighted by Gasteiger charge is 2.02. The normalized spacial score (nSPS) is 11.3. The van der Waals surface area contributed by atoms with E-state index < -0.39 is 0 Å². The summed E-state index contributed by atoms with van der Waals surface area (Å²) in [6, 6.07) is 15.9. The minimum atomic E-state index is -0.0704. The number of ketones is 1. The van der Waals surface area contributed by atoms with E-state index >= 15 is 0 Å². The molecule has 0 spiro atoms. The molecule has 0 aliphatic heterocycles. The van der Waals surface area contributed by atoms with E-state index in [0.29, 0.717) is 21.6 Å². The number of nitrogens with zero attached hydrogens (tertiary/aromatic N) is 2. The predicted molar refractivity (Wildman–Crippen MR) is 110 cm³/mol. The smallest absolute Gasteiger partial charge is 0.185 e. The largest absolute Gasteiger partial charge is 0.289 e. The van der Waals surface area contributed by atoms with Crippen LogP contribution in [-0.2, 0) is 0 Å². The first-order valence-electron chi connectivity index (χ1n) is 7.59. The minimum Gasteiger partial charge on any atom is -0.289 e. The van der Waals surface area contributed by atoms with Crippen LogP contribution in [0.15, 0.2) is 65.8 Å². The van der Waals surface area contributed by atoms with Gasteiger partial charge in [-0.05, 0) is 60.7 Å². The van der Waals surface area contributed by atoms with Crippen LogP contribution < -0.4 is 5.43 Å². The zero-order valence-electron chi connectivity index (χ0n) is 13.4. The number of pyridine rings is 1. The molecule has 0 aliphatic rings. The number of allylic oxidation sites excluding steroid dienone is 1. The number of anilines is 1. The number of benzene rings is 1. The fraction of sp³-hybridized carbons (Fsp3) is 0. The Morgan fingerprint density at radius 1 is 1.04 bits per heavy atom. The van der Waals surface area contributed by atoms with Crippen molar-refractivity contribution in [3.8, 4) is 0 Å². The van der Waals surface area contributed by atoms with Crippen molar-refractivity contribution in [3.63, 3.8) is 0 Å². The van der Waals surface area contributed by atoms with E-state index in [4.69, 9.17) is 23.2 Å². The summed E-state index contributed by atoms with van der Waals surface area (Å²) in [5, 5.41) is 5.14. The van der Waals surface area contributed by atoms with E-state index in [-0.39, 0.29) is 5.78 Å². The average Bonchev–Trinajstić information content (AvgIpc) is 3.08. The first-order valence-corrected chi connectivity index (χ1v) is 9.17. The van der Waals surface area contributed by atoms with Gasteiger partial charge in [0, 0.05) is 20.3 Å². The summed E-state index contributed by atoms with van der Waals surface area (Å²) in [7, 11) is 0. The maximum Gasteiger partial charge on any atom is 0.185 e. The van der Waals surface area contributed by atoms with Crippen LogP contribution in [0, 0.1) is 0 Å². The van der Waals surface area contributed by atoms with E-state index in [9.17, 15) is 4.79 Å². The van der Waals surface area contributed by atoms with Crippen molar-refractivity contribution in [1.29, 1.82) is 0 Å². The standard InChI is InChI=1S/C19H13Cl2N3OS/c20-14-6-4-13(5-7-14)17(25)11-10-15-8-9-16(26-15)12-22-24-19-3-1-2-18(21)23-19/h1-12H,(H,23,24). The van der Waals surface area contributed by atoms with Gasteiger partial charge in [-0.15, -0.1) is 11.3 Å². The fourth-order valence-corrected chi connectivity index (χ4v) is 3.10. The van der Waals surface area contributed by atoms with Crippen molar-refractivity contribution in [2.24, 2.45) is 5.10 Å². The third kappa shape index (κ3) is 5.26. The third-order valence-corrected chi connectivity index (χ3v) is 4.71. The molecule has 3 rings (SSSR count). The van der Waals surface area contributed by atoms with Crippen LogP contribution in [0.2, 0.25) is 10.2 Å². The number of hydrogen-bond acceptors (Lipinski definition) is 5. The Morgan fingerprint density at radius 2 is 1.81 bits per heavy atom. The molecular weight excluding hydrogens is 389 g/mol. The lowest BCUT2D eigenvalue weighted by atomic mass is 10.1. The monoisotopic (exact) mass is 401 g/mol. The molecular formula is C19H13Cl2N3OS. The first kappa shape index (κ1) is 18.3. The Labute approximate surface area is 164 Å². The summed E-state index contributed by atoms with van der Waals surface area (Å²) >= 11 is 13.2. The summed E-state index contributed by atoms with van der Waals surface area (Å²) in [5.74, 6) is 0.498. The summed E-state index contributed by atoms with van der Waals surface area (Å²) in [6.07, 6.45) is 5.01. The molecule has 7 heteroatoms. The van der Waals surface area contributed by atoms with Crippen molar-refractivity contribution >= 4 is 58.4 Å². The molecule has 0 saturated heterocycles. The second-order valence-corrected chi connectivity index (χ2v) is 7.13. The summed E-state index contributed by atoms with van der Waals surface area (Å²) < 4.78 is 0. The van der Waals surface area contributed by atoms with E-state index in [2.05, 4.69) is 15.5 Å². The number of nitrogens with one attached hydrogen (secondary N) is 1. The second-order valence-electron chi connectivity index (χ2n) is 5.16. The highest BCUT2D eigenvalue weighted by Crippen LogP contribution is 2.17. The van der Waals surface area contributed by atoms with Crippen LogP contribution in [0.3, 0.4) is 0 Å². The van der Waals surface area contributed by atoms with E-state index in [1.165, 1.54) is 11.3 Å². The molecule has 0 aliphatic carbocycles. The number of carbonyl (C=O) groups is 1. The maximum atomic E-state index is 12.1. The number of aromatic nitrogens is 1. The van der Waals surface area contributed by atoms with E-state index in [0.717, 1.165) is 9.75 Å². The van der Waals surface area contributed by atoms with Crippen molar-refractivity contribution in [3.05, 3.63) is 86.2 Å². The molecule has 0 atom stereocenters. The fourth-order valence-electron chi connectivity index (χ4n) is 2.03. The van der Waals surface area contributed by atoms with Gasteiger partial charge in [0.15, 0.2) is 5.78 Å². The van der Waals surface area contributed by atoms with Gasteiger partial charge in [0.05, 0.1) is 6.21 Å². The molecule has 26 heavy (non-hydrogen) atoms. The molecule has 130 valence electrons. The lowest BCUT2D eigenvalue weighted by Crippen LogP contribution is -1.92. The number of halogens is 2. The van der Waals surface area contributed by atoms with Crippen LogP contribution in [0.25, 0.3) is 6.08 Å². The summed E-state index contributed by atoms with van der Waals surface area (Å²) in [4.78, 5) is 18.1. The van der Waals surface area contributed by atoms with Crippen LogP contribution in [0.5, 0.6) is 0 Å². The van der Waals surface area contributed by atoms with Crippen LogP contribution in [-0.4, -0.2) is 17.0 Å². The van der Waals surface area contributed by atoms with Gasteiger partial charge in [-0.2, -0.15) is 5.10 Å². The third-order valence-electron chi connectivity index (χ3n) is 3.26. The van der Waals surface area contributed by atoms with Gasteiger partial charge in [0.2, 0.25) is 0 Å². The van der Waals surface area contributed by atoms with Gasteiger partial charge < -0.3 is 0 Å². The predicted octanol–water partition coefficient (Wildman–Crippen LogP) is 5.79. The molecule has 2 aromatic heterocycles. The Kier molecular flexibility index (Phi) is 6.17. The molecule has 0 amide bonds. The molecule has 3 aromatic rings. The quantitative estimate of drug-likeness (QED) is 0.187. The lowest BCUT2D eigenvalue weighted by molar-refractivity contribution is 0.104. The van der Waals surface area contributed by atoms with Gasteiger partial charge in [0.1, 0.15) is 11.0 Å². The van der Waals surface area contributed by atoms with E-state index in [1.54, 1.807) is 60.8 Å². The Morgan fingerprint density at radius 3 is 2.58 bits per heavy atom. The summed E-state index contributed by atoms with van der Waals surface area (Å²) in [6.45, 7) is 0. The van der Waals surface area contributed by atoms with Gasteiger partial charge in [-0.25, -0.2) is 4.98 Å². The Hall–Kier alpha value is -2.47. The van der Waals surface area contributed by atoms with Gasteiger partial charge in [0.25, 0.3) is 0 Å². The zero-order chi connectivity index (χ0) is 18.4. The molecule has 2 heterocycles. The average molecular weight is 402 g/mol. The molecule has 1 aromatic carbocycles. The number of carbonyl (C=O) groups excluding carboxylic acids is 1. The number of thiophene rings is 1. The molecule has 0 radical (unpaired) electrons. The van der Waals surface area contributed by atoms with Gasteiger partial charge in [-0.3, -0.25) is 10.2 Å². The van der Waals surface area contributed by atoms with Crippen LogP contribution in [0.4, 0.5) is 5.82 Å². The van der Waals surface area contributed by atoms with Crippen molar-refractivity contribution in [2.75, 3.05) is 5.43 Å². The number of hydrazone groups is 1. The molecule has 0 bridgehead atoms. The highest BCUT2D eigenvalue weighted by atomic mass is 35.5. The SMILES string of the molecule is O=C(C=Cc1ccc(C=NNc2cccc(Cl)n2)s1)c1ccc(Cl)cc1. The summed E-state index contributed by atoms with van der Waals surface area (Å²) in [5.41, 5.74) is 3.42. The maximum absolute atomic E-state index is 12.1. The van der Waals surface area contributed by atoms with Crippen LogP contribution in [0.1, 0.15) is 20.1 Å². The van der Waals surface area contributed by atoms with Crippen molar-refractivity contribution in [2.45, 2.75) is 0 Å². The number of rotatable bonds is 6. The van der Waals surface area contributed by atoms with Gasteiger partial charge >= 0.3 is 0 Å². The topological polar surface area (TPSA) is 54.4 Å². The second kappa shape index (κ2) is 8.76. The molecule has 4 nitrogen and oxygen atoms in total. The lowest BCUT2D eigenvalue weighted by Gasteiger charge is -1.97. The molecule has 0 unspecified atom stereocenters. The molecule has 1 N–H and O–H groups in total. The molecule has 0 fully saturated rings. The first-order chi connectivity index (χ1) is 12.6. The van der Waals surface area contributed by atoms with Crippen molar-refractivity contribution in [1.82, 2.24) is 4.98 Å². The molecule has 0 saturated carbocycles. The number of hydrogen-bond donors (Lipinski definition) is 1. The zero-order valence-corrected chi connectivity index (χ0v) is 15.7. The van der Waals surface area contributed by atoms with E-state index in [1.807, 2.05) is 12.1 Å². The van der Waals surface area contributed by atoms with Gasteiger partial charge in [-0.1, -0.05) is 29.3 Å².